The van der Waals surface area contributed by atoms with E-state index < -0.39 is 0 Å². The molecule has 2 rings (SSSR count). The van der Waals surface area contributed by atoms with Gasteiger partial charge in [-0.25, -0.2) is 0 Å². The Hall–Kier alpha value is -1.13. The Balaban J connectivity index is 2.33. The average molecular weight is 335 g/mol. The lowest BCUT2D eigenvalue weighted by atomic mass is 10.0. The first kappa shape index (κ1) is 17.2. The number of allylic oxidation sites excluding steroid dienone is 2. The lowest BCUT2D eigenvalue weighted by Crippen LogP contribution is -2.05. The van der Waals surface area contributed by atoms with Crippen LogP contribution in [-0.2, 0) is 4.79 Å². The standard InChI is InChI=1S/C18H22O2S2/c1-20-15-10-8-13(9-11-15)12-14-6-4-5-7-16(17(14)19)18(21-2)22-3/h8-12H,4-7H2,1-3H3. The summed E-state index contributed by atoms with van der Waals surface area (Å²) in [6, 6.07) is 7.86. The highest BCUT2D eigenvalue weighted by Crippen LogP contribution is 2.35. The van der Waals surface area contributed by atoms with Gasteiger partial charge < -0.3 is 4.74 Å². The number of carbonyl (C=O) groups excluding carboxylic acids is 1. The minimum Gasteiger partial charge on any atom is -0.497 e. The van der Waals surface area contributed by atoms with Crippen molar-refractivity contribution in [2.75, 3.05) is 19.6 Å². The number of ether oxygens (including phenoxy) is 1. The molecule has 1 fully saturated rings. The molecule has 118 valence electrons. The molecule has 4 heteroatoms. The van der Waals surface area contributed by atoms with E-state index in [1.807, 2.05) is 42.9 Å². The third-order valence-electron chi connectivity index (χ3n) is 3.76. The molecule has 22 heavy (non-hydrogen) atoms. The first-order chi connectivity index (χ1) is 10.7. The predicted octanol–water partition coefficient (Wildman–Crippen LogP) is 5.16. The van der Waals surface area contributed by atoms with Crippen LogP contribution in [0.4, 0.5) is 0 Å². The van der Waals surface area contributed by atoms with Crippen LogP contribution in [0.15, 0.2) is 39.6 Å². The number of rotatable bonds is 4. The monoisotopic (exact) mass is 334 g/mol. The van der Waals surface area contributed by atoms with E-state index >= 15 is 0 Å². The minimum absolute atomic E-state index is 0.229. The molecule has 0 atom stereocenters. The van der Waals surface area contributed by atoms with E-state index in [1.165, 1.54) is 0 Å². The van der Waals surface area contributed by atoms with Gasteiger partial charge in [0.1, 0.15) is 5.75 Å². The molecule has 0 N–H and O–H groups in total. The molecule has 0 amide bonds. The molecule has 0 bridgehead atoms. The van der Waals surface area contributed by atoms with Crippen LogP contribution in [0, 0.1) is 0 Å². The van der Waals surface area contributed by atoms with Gasteiger partial charge in [-0.05, 0) is 62.0 Å². The van der Waals surface area contributed by atoms with E-state index in [2.05, 4.69) is 0 Å². The molecule has 0 saturated heterocycles. The minimum atomic E-state index is 0.229. The SMILES string of the molecule is COc1ccc(C=C2CCCCC(=C(SC)SC)C2=O)cc1. The highest BCUT2D eigenvalue weighted by atomic mass is 32.2. The average Bonchev–Trinajstić information content (AvgIpc) is 2.73. The van der Waals surface area contributed by atoms with E-state index in [-0.39, 0.29) is 5.78 Å². The topological polar surface area (TPSA) is 26.3 Å². The summed E-state index contributed by atoms with van der Waals surface area (Å²) in [5, 5.41) is 0. The molecule has 0 spiro atoms. The van der Waals surface area contributed by atoms with Crippen LogP contribution < -0.4 is 4.74 Å². The molecule has 0 radical (unpaired) electrons. The number of carbonyl (C=O) groups is 1. The number of methoxy groups -OCH3 is 1. The Morgan fingerprint density at radius 3 is 2.32 bits per heavy atom. The quantitative estimate of drug-likeness (QED) is 0.561. The summed E-state index contributed by atoms with van der Waals surface area (Å²) in [4.78, 5) is 12.9. The number of hydrogen-bond donors (Lipinski definition) is 0. The molecule has 0 aromatic heterocycles. The Morgan fingerprint density at radius 2 is 1.73 bits per heavy atom. The summed E-state index contributed by atoms with van der Waals surface area (Å²) in [5.74, 6) is 1.06. The van der Waals surface area contributed by atoms with Gasteiger partial charge in [-0.1, -0.05) is 12.1 Å². The van der Waals surface area contributed by atoms with Crippen LogP contribution in [0.3, 0.4) is 0 Å². The smallest absolute Gasteiger partial charge is 0.186 e. The zero-order valence-corrected chi connectivity index (χ0v) is 15.0. The van der Waals surface area contributed by atoms with Crippen LogP contribution in [0.25, 0.3) is 6.08 Å². The number of Topliss-reactive ketones (excluding diaryl/α,β-unsaturated/α-hetero) is 1. The molecular weight excluding hydrogens is 312 g/mol. The molecule has 1 saturated carbocycles. The Morgan fingerprint density at radius 1 is 1.09 bits per heavy atom. The lowest BCUT2D eigenvalue weighted by molar-refractivity contribution is -0.112. The fraction of sp³-hybridized carbons (Fsp3) is 0.389. The Labute approximate surface area is 141 Å². The van der Waals surface area contributed by atoms with Crippen molar-refractivity contribution in [2.24, 2.45) is 0 Å². The number of thioether (sulfide) groups is 2. The first-order valence-electron chi connectivity index (χ1n) is 7.40. The molecule has 1 aromatic rings. The summed E-state index contributed by atoms with van der Waals surface area (Å²) in [6.07, 6.45) is 10.1. The maximum Gasteiger partial charge on any atom is 0.186 e. The van der Waals surface area contributed by atoms with Gasteiger partial charge in [-0.15, -0.1) is 23.5 Å². The lowest BCUT2D eigenvalue weighted by Gasteiger charge is -2.09. The van der Waals surface area contributed by atoms with Gasteiger partial charge in [0.15, 0.2) is 5.78 Å². The van der Waals surface area contributed by atoms with E-state index in [0.29, 0.717) is 0 Å². The van der Waals surface area contributed by atoms with Crippen molar-refractivity contribution < 1.29 is 9.53 Å². The van der Waals surface area contributed by atoms with Crippen molar-refractivity contribution in [3.63, 3.8) is 0 Å². The van der Waals surface area contributed by atoms with Crippen molar-refractivity contribution in [3.8, 4) is 5.75 Å². The molecule has 0 aliphatic heterocycles. The molecule has 1 aliphatic rings. The number of hydrogen-bond acceptors (Lipinski definition) is 4. The fourth-order valence-corrected chi connectivity index (χ4v) is 4.15. The van der Waals surface area contributed by atoms with E-state index in [9.17, 15) is 4.79 Å². The number of ketones is 1. The second-order valence-corrected chi connectivity index (χ2v) is 7.04. The highest BCUT2D eigenvalue weighted by molar-refractivity contribution is 8.21. The van der Waals surface area contributed by atoms with Gasteiger partial charge in [-0.3, -0.25) is 4.79 Å². The Bertz CT molecular complexity index is 580. The highest BCUT2D eigenvalue weighted by Gasteiger charge is 2.21. The summed E-state index contributed by atoms with van der Waals surface area (Å²) >= 11 is 3.36. The van der Waals surface area contributed by atoms with Gasteiger partial charge >= 0.3 is 0 Å². The molecular formula is C18H22O2S2. The van der Waals surface area contributed by atoms with E-state index in [0.717, 1.165) is 52.4 Å². The zero-order valence-electron chi connectivity index (χ0n) is 13.3. The third-order valence-corrected chi connectivity index (χ3v) is 6.00. The first-order valence-corrected chi connectivity index (χ1v) is 9.85. The van der Waals surface area contributed by atoms with Crippen molar-refractivity contribution in [2.45, 2.75) is 25.7 Å². The summed E-state index contributed by atoms with van der Waals surface area (Å²) in [5.41, 5.74) is 2.98. The second-order valence-electron chi connectivity index (χ2n) is 5.15. The maximum atomic E-state index is 12.9. The van der Waals surface area contributed by atoms with Crippen LogP contribution in [0.2, 0.25) is 0 Å². The summed E-state index contributed by atoms with van der Waals surface area (Å²) in [7, 11) is 1.66. The predicted molar refractivity (Wildman–Crippen MR) is 98.5 cm³/mol. The van der Waals surface area contributed by atoms with Crippen LogP contribution in [0.1, 0.15) is 31.2 Å². The van der Waals surface area contributed by atoms with Crippen molar-refractivity contribution in [1.29, 1.82) is 0 Å². The molecule has 0 heterocycles. The largest absolute Gasteiger partial charge is 0.497 e. The van der Waals surface area contributed by atoms with Gasteiger partial charge in [0, 0.05) is 15.4 Å². The molecule has 0 unspecified atom stereocenters. The number of benzene rings is 1. The third kappa shape index (κ3) is 4.20. The molecule has 2 nitrogen and oxygen atoms in total. The van der Waals surface area contributed by atoms with Crippen molar-refractivity contribution >= 4 is 35.4 Å². The van der Waals surface area contributed by atoms with Crippen LogP contribution >= 0.6 is 23.5 Å². The normalized spacial score (nSPS) is 17.5. The maximum absolute atomic E-state index is 12.9. The second kappa shape index (κ2) is 8.49. The fourth-order valence-electron chi connectivity index (χ4n) is 2.60. The van der Waals surface area contributed by atoms with E-state index in [1.54, 1.807) is 30.6 Å². The van der Waals surface area contributed by atoms with Gasteiger partial charge in [-0.2, -0.15) is 0 Å². The van der Waals surface area contributed by atoms with Gasteiger partial charge in [0.25, 0.3) is 0 Å². The zero-order chi connectivity index (χ0) is 15.9. The molecule has 1 aromatic carbocycles. The van der Waals surface area contributed by atoms with Crippen LogP contribution in [0.5, 0.6) is 5.75 Å². The summed E-state index contributed by atoms with van der Waals surface area (Å²) < 4.78 is 6.34. The Kier molecular flexibility index (Phi) is 6.65. The van der Waals surface area contributed by atoms with E-state index in [4.69, 9.17) is 4.74 Å². The van der Waals surface area contributed by atoms with Crippen LogP contribution in [-0.4, -0.2) is 25.4 Å². The summed E-state index contributed by atoms with van der Waals surface area (Å²) in [6.45, 7) is 0. The molecule has 1 aliphatic carbocycles. The van der Waals surface area contributed by atoms with Gasteiger partial charge in [0.2, 0.25) is 0 Å². The van der Waals surface area contributed by atoms with Crippen molar-refractivity contribution in [1.82, 2.24) is 0 Å². The van der Waals surface area contributed by atoms with Crippen molar-refractivity contribution in [3.05, 3.63) is 45.2 Å². The van der Waals surface area contributed by atoms with Gasteiger partial charge in [0.05, 0.1) is 7.11 Å².